The summed E-state index contributed by atoms with van der Waals surface area (Å²) in [5, 5.41) is 8.31. The lowest BCUT2D eigenvalue weighted by atomic mass is 10.0. The molecular weight excluding hydrogens is 492 g/mol. The summed E-state index contributed by atoms with van der Waals surface area (Å²) >= 11 is 0. The standard InChI is InChI=1S/C30H26N6O3/c1-19(33-29(37)24-14-15-26(39-3)34-28(24)31)25-16-22-9-7-8-21(13-12-20-17-32-35(2)18-20)27(22)30(38)36(25)23-10-5-4-6-11-23/h4-11,14-19H,1-3H3,(H2,31,34)(H,33,37)/t19-/m1/s1. The summed E-state index contributed by atoms with van der Waals surface area (Å²) in [4.78, 5) is 31.3. The number of hydrogen-bond donors (Lipinski definition) is 2. The van der Waals surface area contributed by atoms with Gasteiger partial charge < -0.3 is 15.8 Å². The van der Waals surface area contributed by atoms with E-state index in [4.69, 9.17) is 10.5 Å². The molecule has 0 fully saturated rings. The molecule has 5 aromatic rings. The van der Waals surface area contributed by atoms with Crippen molar-refractivity contribution in [2.24, 2.45) is 7.05 Å². The predicted octanol–water partition coefficient (Wildman–Crippen LogP) is 3.60. The summed E-state index contributed by atoms with van der Waals surface area (Å²) < 4.78 is 8.36. The zero-order valence-corrected chi connectivity index (χ0v) is 21.7. The van der Waals surface area contributed by atoms with Crippen molar-refractivity contribution in [3.63, 3.8) is 0 Å². The Balaban J connectivity index is 1.62. The highest BCUT2D eigenvalue weighted by atomic mass is 16.5. The Kier molecular flexibility index (Phi) is 6.85. The third-order valence-electron chi connectivity index (χ3n) is 6.28. The molecule has 194 valence electrons. The van der Waals surface area contributed by atoms with E-state index in [-0.39, 0.29) is 16.9 Å². The van der Waals surface area contributed by atoms with Gasteiger partial charge in [-0.2, -0.15) is 10.1 Å². The van der Waals surface area contributed by atoms with Crippen LogP contribution in [0.3, 0.4) is 0 Å². The number of rotatable bonds is 5. The topological polar surface area (TPSA) is 117 Å². The fourth-order valence-electron chi connectivity index (χ4n) is 4.38. The van der Waals surface area contributed by atoms with E-state index in [0.717, 1.165) is 5.56 Å². The fourth-order valence-corrected chi connectivity index (χ4v) is 4.38. The number of anilines is 1. The number of nitrogens with zero attached hydrogens (tertiary/aromatic N) is 4. The minimum atomic E-state index is -0.554. The van der Waals surface area contributed by atoms with E-state index in [2.05, 4.69) is 27.2 Å². The van der Waals surface area contributed by atoms with Crippen molar-refractivity contribution in [2.75, 3.05) is 12.8 Å². The van der Waals surface area contributed by atoms with Crippen LogP contribution in [0.1, 0.15) is 40.1 Å². The molecule has 0 aliphatic carbocycles. The molecule has 0 saturated carbocycles. The monoisotopic (exact) mass is 518 g/mol. The number of aromatic nitrogens is 4. The smallest absolute Gasteiger partial charge is 0.264 e. The Morgan fingerprint density at radius 1 is 1.08 bits per heavy atom. The summed E-state index contributed by atoms with van der Waals surface area (Å²) in [6.45, 7) is 1.82. The maximum absolute atomic E-state index is 14.1. The van der Waals surface area contributed by atoms with E-state index < -0.39 is 11.9 Å². The van der Waals surface area contributed by atoms with Gasteiger partial charge in [-0.05, 0) is 42.6 Å². The van der Waals surface area contributed by atoms with E-state index in [9.17, 15) is 9.59 Å². The average Bonchev–Trinajstić information content (AvgIpc) is 3.36. The van der Waals surface area contributed by atoms with Crippen LogP contribution in [0.4, 0.5) is 5.82 Å². The van der Waals surface area contributed by atoms with Crippen LogP contribution < -0.4 is 21.3 Å². The van der Waals surface area contributed by atoms with Gasteiger partial charge in [0.1, 0.15) is 5.82 Å². The number of nitrogen functional groups attached to an aromatic ring is 1. The van der Waals surface area contributed by atoms with Crippen molar-refractivity contribution in [1.29, 1.82) is 0 Å². The van der Waals surface area contributed by atoms with Gasteiger partial charge in [0.25, 0.3) is 11.5 Å². The first-order valence-electron chi connectivity index (χ1n) is 12.2. The van der Waals surface area contributed by atoms with E-state index in [0.29, 0.717) is 33.6 Å². The van der Waals surface area contributed by atoms with E-state index >= 15 is 0 Å². The van der Waals surface area contributed by atoms with Gasteiger partial charge in [0.15, 0.2) is 0 Å². The highest BCUT2D eigenvalue weighted by Gasteiger charge is 2.21. The number of aryl methyl sites for hydroxylation is 1. The van der Waals surface area contributed by atoms with Crippen LogP contribution in [0.25, 0.3) is 16.5 Å². The van der Waals surface area contributed by atoms with E-state index in [1.807, 2.05) is 74.8 Å². The number of para-hydroxylation sites is 1. The molecule has 0 radical (unpaired) electrons. The van der Waals surface area contributed by atoms with Crippen molar-refractivity contribution in [2.45, 2.75) is 13.0 Å². The summed E-state index contributed by atoms with van der Waals surface area (Å²) in [5.41, 5.74) is 8.59. The van der Waals surface area contributed by atoms with Crippen LogP contribution in [0, 0.1) is 11.8 Å². The minimum absolute atomic E-state index is 0.0508. The Morgan fingerprint density at radius 2 is 1.87 bits per heavy atom. The predicted molar refractivity (Wildman–Crippen MR) is 150 cm³/mol. The third kappa shape index (κ3) is 5.08. The van der Waals surface area contributed by atoms with E-state index in [1.54, 1.807) is 27.6 Å². The van der Waals surface area contributed by atoms with Crippen LogP contribution in [-0.2, 0) is 7.05 Å². The maximum Gasteiger partial charge on any atom is 0.264 e. The number of ether oxygens (including phenoxy) is 1. The summed E-state index contributed by atoms with van der Waals surface area (Å²) in [5.74, 6) is 6.17. The normalized spacial score (nSPS) is 11.5. The number of carbonyl (C=O) groups is 1. The minimum Gasteiger partial charge on any atom is -0.481 e. The molecule has 5 rings (SSSR count). The quantitative estimate of drug-likeness (QED) is 0.344. The molecule has 3 N–H and O–H groups in total. The Labute approximate surface area is 224 Å². The number of carbonyl (C=O) groups excluding carboxylic acids is 1. The highest BCUT2D eigenvalue weighted by Crippen LogP contribution is 2.24. The molecule has 1 atom stereocenters. The Morgan fingerprint density at radius 3 is 2.56 bits per heavy atom. The van der Waals surface area contributed by atoms with Gasteiger partial charge in [-0.3, -0.25) is 18.8 Å². The lowest BCUT2D eigenvalue weighted by molar-refractivity contribution is 0.0939. The molecule has 3 heterocycles. The zero-order valence-electron chi connectivity index (χ0n) is 21.7. The molecular formula is C30H26N6O3. The molecule has 39 heavy (non-hydrogen) atoms. The van der Waals surface area contributed by atoms with Crippen molar-refractivity contribution >= 4 is 22.5 Å². The second kappa shape index (κ2) is 10.6. The molecule has 0 saturated heterocycles. The van der Waals surface area contributed by atoms with Crippen LogP contribution >= 0.6 is 0 Å². The first-order chi connectivity index (χ1) is 18.9. The van der Waals surface area contributed by atoms with Gasteiger partial charge >= 0.3 is 0 Å². The molecule has 9 nitrogen and oxygen atoms in total. The Bertz CT molecular complexity index is 1810. The van der Waals surface area contributed by atoms with Crippen LogP contribution in [-0.4, -0.2) is 32.3 Å². The summed E-state index contributed by atoms with van der Waals surface area (Å²) in [6.07, 6.45) is 3.49. The zero-order chi connectivity index (χ0) is 27.5. The molecule has 0 unspecified atom stereocenters. The number of nitrogens with two attached hydrogens (primary N) is 1. The maximum atomic E-state index is 14.1. The second-order valence-corrected chi connectivity index (χ2v) is 8.95. The lowest BCUT2D eigenvalue weighted by Crippen LogP contribution is -2.32. The molecule has 2 aromatic carbocycles. The van der Waals surface area contributed by atoms with Gasteiger partial charge in [-0.1, -0.05) is 42.2 Å². The molecule has 0 aliphatic rings. The van der Waals surface area contributed by atoms with Crippen LogP contribution in [0.2, 0.25) is 0 Å². The van der Waals surface area contributed by atoms with Crippen LogP contribution in [0.5, 0.6) is 5.88 Å². The molecule has 1 amide bonds. The number of nitrogens with one attached hydrogen (secondary N) is 1. The molecule has 3 aromatic heterocycles. The van der Waals surface area contributed by atoms with Crippen molar-refractivity contribution in [3.8, 4) is 23.4 Å². The van der Waals surface area contributed by atoms with Gasteiger partial charge in [0, 0.05) is 36.3 Å². The highest BCUT2D eigenvalue weighted by molar-refractivity contribution is 5.98. The molecule has 0 aliphatic heterocycles. The largest absolute Gasteiger partial charge is 0.481 e. The fraction of sp³-hybridized carbons (Fsp3) is 0.133. The first-order valence-corrected chi connectivity index (χ1v) is 12.2. The van der Waals surface area contributed by atoms with Gasteiger partial charge in [0.05, 0.1) is 35.9 Å². The average molecular weight is 519 g/mol. The second-order valence-electron chi connectivity index (χ2n) is 8.95. The Hall–Kier alpha value is -5.36. The summed E-state index contributed by atoms with van der Waals surface area (Å²) in [7, 11) is 3.30. The first kappa shape index (κ1) is 25.3. The number of amides is 1. The van der Waals surface area contributed by atoms with E-state index in [1.165, 1.54) is 7.11 Å². The number of methoxy groups -OCH3 is 1. The van der Waals surface area contributed by atoms with Gasteiger partial charge in [-0.25, -0.2) is 0 Å². The van der Waals surface area contributed by atoms with Crippen molar-refractivity contribution in [3.05, 3.63) is 112 Å². The number of pyridine rings is 2. The third-order valence-corrected chi connectivity index (χ3v) is 6.28. The van der Waals surface area contributed by atoms with Crippen LogP contribution in [0.15, 0.2) is 83.9 Å². The van der Waals surface area contributed by atoms with Crippen molar-refractivity contribution in [1.82, 2.24) is 24.6 Å². The molecule has 0 spiro atoms. The van der Waals surface area contributed by atoms with Gasteiger partial charge in [0.2, 0.25) is 5.88 Å². The molecule has 0 bridgehead atoms. The summed E-state index contributed by atoms with van der Waals surface area (Å²) in [6, 6.07) is 19.3. The van der Waals surface area contributed by atoms with Gasteiger partial charge in [-0.15, -0.1) is 0 Å². The number of fused-ring (bicyclic) bond motifs is 1. The number of hydrogen-bond acceptors (Lipinski definition) is 6. The lowest BCUT2D eigenvalue weighted by Gasteiger charge is -2.21. The van der Waals surface area contributed by atoms with Crippen molar-refractivity contribution < 1.29 is 9.53 Å². The number of benzene rings is 2. The SMILES string of the molecule is COc1ccc(C(=O)N[C@H](C)c2cc3cccc(C#Cc4cnn(C)c4)c3c(=O)n2-c2ccccc2)c(N)n1. The molecule has 9 heteroatoms.